The van der Waals surface area contributed by atoms with Crippen LogP contribution < -0.4 is 11.1 Å². The van der Waals surface area contributed by atoms with Crippen LogP contribution in [-0.2, 0) is 19.9 Å². The fraction of sp³-hybridized carbons (Fsp3) is 0.417. The summed E-state index contributed by atoms with van der Waals surface area (Å²) >= 11 is 5.23. The van der Waals surface area contributed by atoms with E-state index in [0.29, 0.717) is 0 Å². The Morgan fingerprint density at radius 1 is 1.50 bits per heavy atom. The number of thiophene rings is 1. The number of halogens is 1. The first-order valence-electron chi connectivity index (χ1n) is 5.91. The fourth-order valence-corrected chi connectivity index (χ4v) is 3.34. The minimum Gasteiger partial charge on any atom is -0.394 e. The number of nitrogens with one attached hydrogen (secondary N) is 1. The van der Waals surface area contributed by atoms with Crippen LogP contribution in [-0.4, -0.2) is 16.3 Å². The molecule has 2 heterocycles. The SMILES string of the molecule is CCc1nn(C)c(NCCc2ccc(Br)s2)c1N. The zero-order valence-electron chi connectivity index (χ0n) is 10.5. The lowest BCUT2D eigenvalue weighted by atomic mass is 10.3. The highest BCUT2D eigenvalue weighted by molar-refractivity contribution is 9.11. The topological polar surface area (TPSA) is 55.9 Å². The first-order valence-corrected chi connectivity index (χ1v) is 7.52. The average molecular weight is 329 g/mol. The highest BCUT2D eigenvalue weighted by atomic mass is 79.9. The lowest BCUT2D eigenvalue weighted by Gasteiger charge is -2.06. The molecule has 2 aromatic heterocycles. The summed E-state index contributed by atoms with van der Waals surface area (Å²) in [6.45, 7) is 2.92. The van der Waals surface area contributed by atoms with Crippen LogP contribution in [0.4, 0.5) is 11.5 Å². The van der Waals surface area contributed by atoms with Crippen LogP contribution in [0.3, 0.4) is 0 Å². The summed E-state index contributed by atoms with van der Waals surface area (Å²) in [6, 6.07) is 4.22. The number of nitrogen functional groups attached to an aromatic ring is 1. The monoisotopic (exact) mass is 328 g/mol. The quantitative estimate of drug-likeness (QED) is 0.886. The molecule has 0 radical (unpaired) electrons. The molecular weight excluding hydrogens is 312 g/mol. The van der Waals surface area contributed by atoms with E-state index in [2.05, 4.69) is 45.4 Å². The van der Waals surface area contributed by atoms with Crippen molar-refractivity contribution < 1.29 is 0 Å². The highest BCUT2D eigenvalue weighted by Gasteiger charge is 2.11. The molecule has 0 aliphatic heterocycles. The van der Waals surface area contributed by atoms with Gasteiger partial charge in [-0.25, -0.2) is 0 Å². The number of nitrogens with zero attached hydrogens (tertiary/aromatic N) is 2. The normalized spacial score (nSPS) is 10.8. The predicted octanol–water partition coefficient (Wildman–Crippen LogP) is 3.04. The molecule has 3 N–H and O–H groups in total. The lowest BCUT2D eigenvalue weighted by Crippen LogP contribution is -2.09. The molecule has 4 nitrogen and oxygen atoms in total. The van der Waals surface area contributed by atoms with Gasteiger partial charge in [0.15, 0.2) is 0 Å². The van der Waals surface area contributed by atoms with Gasteiger partial charge in [0.2, 0.25) is 0 Å². The Balaban J connectivity index is 1.96. The van der Waals surface area contributed by atoms with Gasteiger partial charge in [0.1, 0.15) is 5.82 Å². The maximum atomic E-state index is 6.05. The summed E-state index contributed by atoms with van der Waals surface area (Å²) in [6.07, 6.45) is 1.85. The minimum atomic E-state index is 0.771. The van der Waals surface area contributed by atoms with Crippen LogP contribution in [0.25, 0.3) is 0 Å². The molecule has 2 rings (SSSR count). The van der Waals surface area contributed by atoms with Crippen molar-refractivity contribution in [3.8, 4) is 0 Å². The van der Waals surface area contributed by atoms with Gasteiger partial charge < -0.3 is 11.1 Å². The van der Waals surface area contributed by atoms with Gasteiger partial charge in [-0.1, -0.05) is 6.92 Å². The molecular formula is C12H17BrN4S. The molecule has 0 bridgehead atoms. The maximum Gasteiger partial charge on any atom is 0.147 e. The molecule has 0 aliphatic rings. The second-order valence-corrected chi connectivity index (χ2v) is 6.62. The largest absolute Gasteiger partial charge is 0.394 e. The van der Waals surface area contributed by atoms with Crippen LogP contribution in [0.15, 0.2) is 15.9 Å². The molecule has 0 atom stereocenters. The Morgan fingerprint density at radius 3 is 2.83 bits per heavy atom. The second-order valence-electron chi connectivity index (χ2n) is 4.07. The molecule has 0 fully saturated rings. The van der Waals surface area contributed by atoms with Crippen molar-refractivity contribution in [1.29, 1.82) is 0 Å². The van der Waals surface area contributed by atoms with E-state index in [1.54, 1.807) is 11.3 Å². The Kier molecular flexibility index (Phi) is 4.29. The summed E-state index contributed by atoms with van der Waals surface area (Å²) in [5, 5.41) is 7.74. The predicted molar refractivity (Wildman–Crippen MR) is 81.2 cm³/mol. The van der Waals surface area contributed by atoms with E-state index < -0.39 is 0 Å². The van der Waals surface area contributed by atoms with Crippen molar-refractivity contribution >= 4 is 38.8 Å². The summed E-state index contributed by atoms with van der Waals surface area (Å²) in [5.74, 6) is 0.919. The lowest BCUT2D eigenvalue weighted by molar-refractivity contribution is 0.747. The number of nitrogens with two attached hydrogens (primary N) is 1. The number of aromatic nitrogens is 2. The molecule has 0 saturated heterocycles. The molecule has 0 saturated carbocycles. The first-order chi connectivity index (χ1) is 8.61. The van der Waals surface area contributed by atoms with Gasteiger partial charge in [-0.15, -0.1) is 11.3 Å². The van der Waals surface area contributed by atoms with E-state index in [0.717, 1.165) is 36.6 Å². The maximum absolute atomic E-state index is 6.05. The van der Waals surface area contributed by atoms with Crippen molar-refractivity contribution in [2.75, 3.05) is 17.6 Å². The zero-order valence-corrected chi connectivity index (χ0v) is 12.9. The van der Waals surface area contributed by atoms with Gasteiger partial charge >= 0.3 is 0 Å². The van der Waals surface area contributed by atoms with Gasteiger partial charge in [0, 0.05) is 18.5 Å². The van der Waals surface area contributed by atoms with Crippen LogP contribution in [0.5, 0.6) is 0 Å². The molecule has 98 valence electrons. The van der Waals surface area contributed by atoms with Gasteiger partial charge in [-0.3, -0.25) is 4.68 Å². The third-order valence-electron chi connectivity index (χ3n) is 2.79. The summed E-state index contributed by atoms with van der Waals surface area (Å²) < 4.78 is 2.99. The third-order valence-corrected chi connectivity index (χ3v) is 4.47. The third kappa shape index (κ3) is 2.87. The smallest absolute Gasteiger partial charge is 0.147 e. The Morgan fingerprint density at radius 2 is 2.28 bits per heavy atom. The molecule has 0 aromatic carbocycles. The van der Waals surface area contributed by atoms with E-state index in [1.165, 1.54) is 8.66 Å². The molecule has 0 amide bonds. The number of hydrogen-bond acceptors (Lipinski definition) is 4. The second kappa shape index (κ2) is 5.75. The van der Waals surface area contributed by atoms with Crippen LogP contribution in [0.1, 0.15) is 17.5 Å². The highest BCUT2D eigenvalue weighted by Crippen LogP contribution is 2.24. The first kappa shape index (κ1) is 13.4. The van der Waals surface area contributed by atoms with E-state index in [1.807, 2.05) is 11.7 Å². The molecule has 2 aromatic rings. The summed E-state index contributed by atoms with van der Waals surface area (Å²) in [4.78, 5) is 1.35. The van der Waals surface area contributed by atoms with Gasteiger partial charge in [0.25, 0.3) is 0 Å². The van der Waals surface area contributed by atoms with Gasteiger partial charge in [0.05, 0.1) is 15.2 Å². The Bertz CT molecular complexity index is 532. The number of hydrogen-bond donors (Lipinski definition) is 2. The van der Waals surface area contributed by atoms with E-state index >= 15 is 0 Å². The Labute approximate surface area is 119 Å². The fourth-order valence-electron chi connectivity index (χ4n) is 1.86. The minimum absolute atomic E-state index is 0.771. The number of anilines is 2. The zero-order chi connectivity index (χ0) is 13.1. The van der Waals surface area contributed by atoms with E-state index in [9.17, 15) is 0 Å². The van der Waals surface area contributed by atoms with Crippen LogP contribution in [0, 0.1) is 0 Å². The van der Waals surface area contributed by atoms with Crippen LogP contribution >= 0.6 is 27.3 Å². The van der Waals surface area contributed by atoms with Crippen molar-refractivity contribution in [2.45, 2.75) is 19.8 Å². The van der Waals surface area contributed by atoms with Crippen molar-refractivity contribution in [1.82, 2.24) is 9.78 Å². The summed E-state index contributed by atoms with van der Waals surface area (Å²) in [5.41, 5.74) is 7.78. The molecule has 0 unspecified atom stereocenters. The van der Waals surface area contributed by atoms with Gasteiger partial charge in [-0.2, -0.15) is 5.10 Å². The van der Waals surface area contributed by atoms with Crippen molar-refractivity contribution in [3.05, 3.63) is 26.5 Å². The van der Waals surface area contributed by atoms with E-state index in [-0.39, 0.29) is 0 Å². The molecule has 0 aliphatic carbocycles. The number of aryl methyl sites for hydroxylation is 2. The van der Waals surface area contributed by atoms with Gasteiger partial charge in [-0.05, 0) is 40.9 Å². The van der Waals surface area contributed by atoms with E-state index in [4.69, 9.17) is 5.73 Å². The van der Waals surface area contributed by atoms with Crippen LogP contribution in [0.2, 0.25) is 0 Å². The van der Waals surface area contributed by atoms with Crippen molar-refractivity contribution in [2.24, 2.45) is 7.05 Å². The Hall–Kier alpha value is -1.01. The molecule has 6 heteroatoms. The van der Waals surface area contributed by atoms with Crippen molar-refractivity contribution in [3.63, 3.8) is 0 Å². The molecule has 0 spiro atoms. The summed E-state index contributed by atoms with van der Waals surface area (Å²) in [7, 11) is 1.92. The average Bonchev–Trinajstić information content (AvgIpc) is 2.86. The standard InChI is InChI=1S/C12H17BrN4S/c1-3-9-11(14)12(17(2)16-9)15-7-6-8-4-5-10(13)18-8/h4-5,15H,3,6-7,14H2,1-2H3. The molecule has 18 heavy (non-hydrogen) atoms. The number of rotatable bonds is 5.